The highest BCUT2D eigenvalue weighted by molar-refractivity contribution is 6.13. The molecule has 10 heteroatoms. The van der Waals surface area contributed by atoms with Crippen LogP contribution in [0.5, 0.6) is 5.75 Å². The van der Waals surface area contributed by atoms with Crippen molar-refractivity contribution in [3.8, 4) is 5.75 Å². The first-order valence-electron chi connectivity index (χ1n) is 13.0. The number of carbonyl (C=O) groups is 2. The molecular weight excluding hydrogens is 489 g/mol. The Balaban J connectivity index is 1.40. The average molecular weight is 522 g/mol. The van der Waals surface area contributed by atoms with Crippen LogP contribution in [-0.4, -0.2) is 61.2 Å². The highest BCUT2D eigenvalue weighted by Crippen LogP contribution is 2.31. The second kappa shape index (κ2) is 11.2. The first kappa shape index (κ1) is 25.7. The summed E-state index contributed by atoms with van der Waals surface area (Å²) in [5, 5.41) is 9.10. The number of piperidine rings is 1. The number of hydrogen-bond donors (Lipinski definition) is 2. The minimum absolute atomic E-state index is 0.00431. The maximum Gasteiger partial charge on any atom is 0.259 e. The molecule has 0 spiro atoms. The number of carbonyl (C=O) groups excluding carboxylic acids is 2. The molecule has 2 N–H and O–H groups in total. The predicted molar refractivity (Wildman–Crippen MR) is 143 cm³/mol. The van der Waals surface area contributed by atoms with Crippen molar-refractivity contribution in [2.45, 2.75) is 38.7 Å². The lowest BCUT2D eigenvalue weighted by Gasteiger charge is -2.30. The molecule has 200 valence electrons. The van der Waals surface area contributed by atoms with Crippen molar-refractivity contribution in [3.63, 3.8) is 0 Å². The molecule has 0 bridgehead atoms. The first-order valence-corrected chi connectivity index (χ1v) is 13.0. The Kier molecular flexibility index (Phi) is 7.59. The van der Waals surface area contributed by atoms with Crippen LogP contribution in [0.4, 0.5) is 21.6 Å². The maximum absolute atomic E-state index is 14.1. The third kappa shape index (κ3) is 5.96. The van der Waals surface area contributed by atoms with Crippen LogP contribution in [0.15, 0.2) is 47.0 Å². The fourth-order valence-electron chi connectivity index (χ4n) is 4.86. The highest BCUT2D eigenvalue weighted by atomic mass is 19.1. The summed E-state index contributed by atoms with van der Waals surface area (Å²) in [6.07, 6.45) is 4.02. The first-order chi connectivity index (χ1) is 18.4. The van der Waals surface area contributed by atoms with Gasteiger partial charge in [0.25, 0.3) is 11.8 Å². The average Bonchev–Trinajstić information content (AvgIpc) is 3.58. The predicted octanol–water partition coefficient (Wildman–Crippen LogP) is 4.70. The number of halogens is 1. The summed E-state index contributed by atoms with van der Waals surface area (Å²) in [5.41, 5.74) is 1.51. The molecule has 3 aromatic rings. The van der Waals surface area contributed by atoms with E-state index in [-0.39, 0.29) is 23.2 Å². The number of nitrogens with one attached hydrogen (secondary N) is 2. The van der Waals surface area contributed by atoms with Gasteiger partial charge in [0, 0.05) is 44.0 Å². The quantitative estimate of drug-likeness (QED) is 0.465. The van der Waals surface area contributed by atoms with E-state index in [0.29, 0.717) is 17.1 Å². The number of nitrogens with zero attached hydrogens (tertiary/aromatic N) is 3. The zero-order valence-corrected chi connectivity index (χ0v) is 21.6. The molecular formula is C28H32FN5O4. The number of aryl methyl sites for hydroxylation is 1. The van der Waals surface area contributed by atoms with E-state index in [1.165, 1.54) is 12.1 Å². The van der Waals surface area contributed by atoms with Crippen LogP contribution in [0.3, 0.4) is 0 Å². The van der Waals surface area contributed by atoms with Crippen LogP contribution in [0.25, 0.3) is 0 Å². The van der Waals surface area contributed by atoms with Crippen LogP contribution in [0.2, 0.25) is 0 Å². The molecule has 0 aliphatic carbocycles. The van der Waals surface area contributed by atoms with Crippen molar-refractivity contribution in [2.75, 3.05) is 48.8 Å². The summed E-state index contributed by atoms with van der Waals surface area (Å²) >= 11 is 0. The van der Waals surface area contributed by atoms with E-state index >= 15 is 0 Å². The number of amides is 2. The molecule has 5 rings (SSSR count). The lowest BCUT2D eigenvalue weighted by molar-refractivity contribution is 0.0989. The zero-order chi connectivity index (χ0) is 26.6. The zero-order valence-electron chi connectivity index (χ0n) is 21.6. The number of rotatable bonds is 7. The summed E-state index contributed by atoms with van der Waals surface area (Å²) in [7, 11) is 2.09. The molecule has 38 heavy (non-hydrogen) atoms. The van der Waals surface area contributed by atoms with Gasteiger partial charge in [-0.1, -0.05) is 5.16 Å². The van der Waals surface area contributed by atoms with Crippen LogP contribution in [0, 0.1) is 12.7 Å². The number of aromatic nitrogens is 1. The minimum Gasteiger partial charge on any atom is -0.489 e. The Hall–Kier alpha value is -3.92. The Morgan fingerprint density at radius 1 is 0.974 bits per heavy atom. The second-order valence-corrected chi connectivity index (χ2v) is 9.92. The maximum atomic E-state index is 14.1. The van der Waals surface area contributed by atoms with E-state index in [2.05, 4.69) is 32.6 Å². The second-order valence-electron chi connectivity index (χ2n) is 9.92. The van der Waals surface area contributed by atoms with Gasteiger partial charge in [0.1, 0.15) is 23.4 Å². The molecule has 0 radical (unpaired) electrons. The molecule has 2 aliphatic heterocycles. The number of hydrogen-bond acceptors (Lipinski definition) is 7. The summed E-state index contributed by atoms with van der Waals surface area (Å²) in [5.74, 6) is -0.458. The third-order valence-corrected chi connectivity index (χ3v) is 6.98. The van der Waals surface area contributed by atoms with Crippen LogP contribution < -0.4 is 20.3 Å². The molecule has 0 saturated carbocycles. The minimum atomic E-state index is -0.625. The van der Waals surface area contributed by atoms with Crippen molar-refractivity contribution < 1.29 is 23.2 Å². The monoisotopic (exact) mass is 521 g/mol. The van der Waals surface area contributed by atoms with Gasteiger partial charge in [0.2, 0.25) is 0 Å². The molecule has 2 aliphatic rings. The van der Waals surface area contributed by atoms with Crippen LogP contribution in [-0.2, 0) is 0 Å². The summed E-state index contributed by atoms with van der Waals surface area (Å²) in [4.78, 5) is 31.0. The van der Waals surface area contributed by atoms with E-state index in [9.17, 15) is 14.0 Å². The van der Waals surface area contributed by atoms with Crippen molar-refractivity contribution >= 4 is 29.0 Å². The lowest BCUT2D eigenvalue weighted by Crippen LogP contribution is -2.36. The topological polar surface area (TPSA) is 99.9 Å². The SMILES string of the molecule is Cc1cc(NC(=O)c2cc(F)ccc2NC(=O)c2ccc(N3CCCC3)cc2OC2CCN(C)CC2)no1. The van der Waals surface area contributed by atoms with Gasteiger partial charge in [-0.05, 0) is 70.0 Å². The van der Waals surface area contributed by atoms with Crippen LogP contribution in [0.1, 0.15) is 52.2 Å². The van der Waals surface area contributed by atoms with E-state index < -0.39 is 17.6 Å². The van der Waals surface area contributed by atoms with Gasteiger partial charge in [0.05, 0.1) is 16.8 Å². The number of anilines is 3. The molecule has 9 nitrogen and oxygen atoms in total. The summed E-state index contributed by atoms with van der Waals surface area (Å²) in [6.45, 7) is 5.49. The highest BCUT2D eigenvalue weighted by Gasteiger charge is 2.24. The summed E-state index contributed by atoms with van der Waals surface area (Å²) in [6, 6.07) is 10.8. The van der Waals surface area contributed by atoms with Gasteiger partial charge in [0.15, 0.2) is 5.82 Å². The fraction of sp³-hybridized carbons (Fsp3) is 0.393. The van der Waals surface area contributed by atoms with Gasteiger partial charge >= 0.3 is 0 Å². The Morgan fingerprint density at radius 3 is 2.42 bits per heavy atom. The fourth-order valence-corrected chi connectivity index (χ4v) is 4.86. The molecule has 0 unspecified atom stereocenters. The van der Waals surface area contributed by atoms with Gasteiger partial charge in [-0.3, -0.25) is 9.59 Å². The number of likely N-dealkylation sites (tertiary alicyclic amines) is 1. The van der Waals surface area contributed by atoms with Gasteiger partial charge in [-0.15, -0.1) is 0 Å². The van der Waals surface area contributed by atoms with E-state index in [1.807, 2.05) is 12.1 Å². The third-order valence-electron chi connectivity index (χ3n) is 6.98. The van der Waals surface area contributed by atoms with E-state index in [4.69, 9.17) is 9.26 Å². The molecule has 0 atom stereocenters. The van der Waals surface area contributed by atoms with Gasteiger partial charge in [-0.25, -0.2) is 4.39 Å². The Bertz CT molecular complexity index is 1310. The standard InChI is InChI=1S/C28H32FN5O4/c1-18-15-26(32-38-18)31-28(36)23-16-19(29)5-8-24(23)30-27(35)22-7-6-20(34-11-3-4-12-34)17-25(22)37-21-9-13-33(2)14-10-21/h5-8,15-17,21H,3-4,9-14H2,1-2H3,(H,30,35)(H,31,32,36). The molecule has 2 aromatic carbocycles. The molecule has 1 aromatic heterocycles. The van der Waals surface area contributed by atoms with Crippen LogP contribution >= 0.6 is 0 Å². The van der Waals surface area contributed by atoms with Crippen molar-refractivity contribution in [2.24, 2.45) is 0 Å². The van der Waals surface area contributed by atoms with Crippen molar-refractivity contribution in [3.05, 3.63) is 65.2 Å². The molecule has 2 fully saturated rings. The summed E-state index contributed by atoms with van der Waals surface area (Å²) < 4.78 is 25.5. The molecule has 2 amide bonds. The lowest BCUT2D eigenvalue weighted by atomic mass is 10.1. The number of benzene rings is 2. The van der Waals surface area contributed by atoms with Crippen molar-refractivity contribution in [1.82, 2.24) is 10.1 Å². The van der Waals surface area contributed by atoms with E-state index in [1.54, 1.807) is 19.1 Å². The van der Waals surface area contributed by atoms with E-state index in [0.717, 1.165) is 63.6 Å². The smallest absolute Gasteiger partial charge is 0.259 e. The van der Waals surface area contributed by atoms with Crippen molar-refractivity contribution in [1.29, 1.82) is 0 Å². The normalized spacial score (nSPS) is 16.4. The Labute approximate surface area is 220 Å². The molecule has 2 saturated heterocycles. The van der Waals surface area contributed by atoms with Gasteiger partial charge < -0.3 is 29.7 Å². The largest absolute Gasteiger partial charge is 0.489 e. The molecule has 3 heterocycles. The Morgan fingerprint density at radius 2 is 1.71 bits per heavy atom. The number of ether oxygens (including phenoxy) is 1. The van der Waals surface area contributed by atoms with Gasteiger partial charge in [-0.2, -0.15) is 0 Å².